The van der Waals surface area contributed by atoms with Crippen molar-refractivity contribution in [2.24, 2.45) is 17.8 Å². The average Bonchev–Trinajstić information content (AvgIpc) is 3.18. The van der Waals surface area contributed by atoms with Gasteiger partial charge in [0, 0.05) is 53.5 Å². The molecular weight excluding hydrogens is 642 g/mol. The fourth-order valence-corrected chi connectivity index (χ4v) is 10.7. The van der Waals surface area contributed by atoms with Crippen LogP contribution in [0, 0.1) is 17.8 Å². The van der Waals surface area contributed by atoms with Crippen molar-refractivity contribution in [1.29, 1.82) is 0 Å². The van der Waals surface area contributed by atoms with Gasteiger partial charge in [0.1, 0.15) is 11.4 Å². The molecule has 1 saturated carbocycles. The van der Waals surface area contributed by atoms with E-state index < -0.39 is 9.71 Å². The highest BCUT2D eigenvalue weighted by Crippen LogP contribution is 2.50. The predicted octanol–water partition coefficient (Wildman–Crippen LogP) is 6.66. The van der Waals surface area contributed by atoms with Crippen molar-refractivity contribution < 1.29 is 18.5 Å². The Morgan fingerprint density at radius 1 is 1.12 bits per heavy atom. The van der Waals surface area contributed by atoms with Gasteiger partial charge in [-0.3, -0.25) is 14.4 Å². The number of carbonyl (C=O) groups excluding carboxylic acids is 1. The Labute approximate surface area is 292 Å². The van der Waals surface area contributed by atoms with Gasteiger partial charge in [0.15, 0.2) is 0 Å². The average molecular weight is 694 g/mol. The van der Waals surface area contributed by atoms with Crippen molar-refractivity contribution in [2.75, 3.05) is 44.3 Å². The number of halogens is 1. The number of amides is 1. The van der Waals surface area contributed by atoms with E-state index in [1.807, 2.05) is 25.1 Å². The van der Waals surface area contributed by atoms with E-state index in [9.17, 15) is 9.00 Å². The van der Waals surface area contributed by atoms with Gasteiger partial charge in [-0.25, -0.2) is 4.21 Å². The molecule has 2 aromatic carbocycles. The van der Waals surface area contributed by atoms with E-state index in [4.69, 9.17) is 21.1 Å². The molecule has 1 amide bonds. The second kappa shape index (κ2) is 13.0. The van der Waals surface area contributed by atoms with Crippen LogP contribution >= 0.6 is 11.6 Å². The molecule has 2 fully saturated rings. The number of aryl methyl sites for hydroxylation is 1. The van der Waals surface area contributed by atoms with E-state index in [2.05, 4.69) is 65.4 Å². The number of rotatable bonds is 1. The molecule has 7 atom stereocenters. The molecule has 0 aromatic heterocycles. The van der Waals surface area contributed by atoms with E-state index in [0.29, 0.717) is 36.7 Å². The molecule has 3 aliphatic heterocycles. The van der Waals surface area contributed by atoms with Gasteiger partial charge in [-0.1, -0.05) is 36.7 Å². The summed E-state index contributed by atoms with van der Waals surface area (Å²) < 4.78 is 30.4. The minimum Gasteiger partial charge on any atom is -0.490 e. The Kier molecular flexibility index (Phi) is 9.18. The first kappa shape index (κ1) is 34.0. The normalized spacial score (nSPS) is 36.4. The summed E-state index contributed by atoms with van der Waals surface area (Å²) >= 11 is 6.49. The highest BCUT2D eigenvalue weighted by Gasteiger charge is 2.51. The molecule has 9 heteroatoms. The van der Waals surface area contributed by atoms with Crippen molar-refractivity contribution >= 4 is 38.8 Å². The molecule has 0 radical (unpaired) electrons. The monoisotopic (exact) mass is 693 g/mol. The lowest BCUT2D eigenvalue weighted by Crippen LogP contribution is -2.61. The van der Waals surface area contributed by atoms with Crippen LogP contribution in [0.4, 0.5) is 5.69 Å². The molecule has 2 spiro atoms. The number of carbonyl (C=O) groups is 1. The van der Waals surface area contributed by atoms with Gasteiger partial charge in [-0.05, 0) is 124 Å². The number of fused-ring (bicyclic) bond motifs is 5. The molecule has 2 aromatic rings. The lowest BCUT2D eigenvalue weighted by atomic mass is 9.63. The van der Waals surface area contributed by atoms with Gasteiger partial charge in [0.05, 0.1) is 28.6 Å². The summed E-state index contributed by atoms with van der Waals surface area (Å²) in [6.07, 6.45) is 10.7. The molecule has 7 nitrogen and oxygen atoms in total. The minimum atomic E-state index is -2.93. The van der Waals surface area contributed by atoms with Crippen molar-refractivity contribution in [2.45, 2.75) is 88.5 Å². The zero-order chi connectivity index (χ0) is 33.8. The van der Waals surface area contributed by atoms with Crippen molar-refractivity contribution in [3.63, 3.8) is 0 Å². The summed E-state index contributed by atoms with van der Waals surface area (Å²) in [5.74, 6) is 5.31. The molecule has 5 aliphatic rings. The molecule has 1 saturated heterocycles. The molecule has 2 aliphatic carbocycles. The highest BCUT2D eigenvalue weighted by atomic mass is 35.5. The quantitative estimate of drug-likeness (QED) is 0.266. The second-order valence-corrected chi connectivity index (χ2v) is 18.4. The van der Waals surface area contributed by atoms with Gasteiger partial charge < -0.3 is 14.4 Å². The maximum Gasteiger partial charge on any atom is 0.262 e. The zero-order valence-corrected chi connectivity index (χ0v) is 30.6. The molecule has 3 heterocycles. The van der Waals surface area contributed by atoms with Crippen LogP contribution < -0.4 is 14.4 Å². The summed E-state index contributed by atoms with van der Waals surface area (Å²) in [5.41, 5.74) is 3.44. The summed E-state index contributed by atoms with van der Waals surface area (Å²) in [6.45, 7) is 13.3. The van der Waals surface area contributed by atoms with Gasteiger partial charge in [-0.15, -0.1) is 0 Å². The Balaban J connectivity index is 1.33. The largest absolute Gasteiger partial charge is 0.490 e. The van der Waals surface area contributed by atoms with Crippen LogP contribution in [0.5, 0.6) is 5.75 Å². The summed E-state index contributed by atoms with van der Waals surface area (Å²) in [7, 11) is -2.93. The number of anilines is 1. The van der Waals surface area contributed by atoms with Crippen molar-refractivity contribution in [3.05, 3.63) is 70.3 Å². The Morgan fingerprint density at radius 3 is 2.73 bits per heavy atom. The number of benzene rings is 2. The molecule has 1 N–H and O–H groups in total. The maximum absolute atomic E-state index is 13.9. The smallest absolute Gasteiger partial charge is 0.262 e. The third-order valence-electron chi connectivity index (χ3n) is 12.3. The van der Waals surface area contributed by atoms with Gasteiger partial charge in [0.25, 0.3) is 5.91 Å². The lowest BCUT2D eigenvalue weighted by Gasteiger charge is -2.54. The molecule has 260 valence electrons. The van der Waals surface area contributed by atoms with Crippen LogP contribution in [0.1, 0.15) is 81.3 Å². The number of hydrogen-bond donors (Lipinski definition) is 1. The van der Waals surface area contributed by atoms with E-state index >= 15 is 0 Å². The molecule has 48 heavy (non-hydrogen) atoms. The third kappa shape index (κ3) is 6.20. The van der Waals surface area contributed by atoms with Crippen LogP contribution in [0.15, 0.2) is 48.6 Å². The Morgan fingerprint density at radius 2 is 1.96 bits per heavy atom. The van der Waals surface area contributed by atoms with Crippen molar-refractivity contribution in [1.82, 2.24) is 9.62 Å². The number of nitrogens with one attached hydrogen (secondary N) is 1. The van der Waals surface area contributed by atoms with E-state index in [-0.39, 0.29) is 28.1 Å². The first-order chi connectivity index (χ1) is 22.9. The molecule has 2 bridgehead atoms. The van der Waals surface area contributed by atoms with E-state index in [1.54, 1.807) is 6.07 Å². The molecular formula is C39H52ClN3O4S. The number of hydrogen-bond acceptors (Lipinski definition) is 6. The van der Waals surface area contributed by atoms with Gasteiger partial charge >= 0.3 is 0 Å². The maximum atomic E-state index is 13.9. The van der Waals surface area contributed by atoms with Crippen LogP contribution in [-0.2, 0) is 26.3 Å². The molecule has 1 unspecified atom stereocenters. The predicted molar refractivity (Wildman–Crippen MR) is 197 cm³/mol. The number of allylic oxidation sites excluding steroid dienone is 1. The summed E-state index contributed by atoms with van der Waals surface area (Å²) in [5, 5.41) is 0.458. The summed E-state index contributed by atoms with van der Waals surface area (Å²) in [6, 6.07) is 12.5. The Bertz CT molecular complexity index is 1690. The first-order valence-corrected chi connectivity index (χ1v) is 20.1. The van der Waals surface area contributed by atoms with Crippen molar-refractivity contribution in [3.8, 4) is 5.75 Å². The van der Waals surface area contributed by atoms with Crippen LogP contribution in [0.25, 0.3) is 0 Å². The highest BCUT2D eigenvalue weighted by molar-refractivity contribution is 7.99. The zero-order valence-electron chi connectivity index (χ0n) is 29.0. The Hall–Kier alpha value is -2.52. The fourth-order valence-electron chi connectivity index (χ4n) is 9.01. The van der Waals surface area contributed by atoms with Gasteiger partial charge in [0.2, 0.25) is 0 Å². The van der Waals surface area contributed by atoms with E-state index in [0.717, 1.165) is 81.2 Å². The van der Waals surface area contributed by atoms with Crippen LogP contribution in [0.2, 0.25) is 5.02 Å². The number of nitrogens with zero attached hydrogens (tertiary/aromatic N) is 2. The van der Waals surface area contributed by atoms with Crippen LogP contribution in [0.3, 0.4) is 0 Å². The SMILES string of the molecule is C=S1(=O)NC(=O)c2ccc3c(c2)N(C[C@@H]2CC[C@H]2[C@@]2(/C=C/C[C@H](C)[C@H]1C)CN(C(C)C)CCO2)C[C@@]1(CCCc2cc(Cl)ccc21)CO3. The first-order valence-electron chi connectivity index (χ1n) is 17.9. The summed E-state index contributed by atoms with van der Waals surface area (Å²) in [4.78, 5) is 18.8. The fraction of sp³-hybridized carbons (Fsp3) is 0.590. The van der Waals surface area contributed by atoms with E-state index in [1.165, 1.54) is 11.1 Å². The minimum absolute atomic E-state index is 0.0545. The standard InChI is InChI=1S/C39H52ClN3O4S/c1-26(2)42-18-19-47-39(24-42)17-6-8-27(3)28(4)48(5,45)41-37(44)30-11-15-36-35(21-30)43(22-31-10-13-34(31)39)23-38(25-46-36)16-7-9-29-20-32(40)12-14-33(29)38/h6,11-12,14-15,17,20-21,26-28,31,34H,5,7-10,13,16,18-19,22-25H2,1-4H3,(H,41,44,45)/b17-6+/t27-,28+,31-,34+,38-,39+,48?/m0/s1. The second-order valence-electron chi connectivity index (χ2n) is 15.6. The topological polar surface area (TPSA) is 71.1 Å². The number of morpholine rings is 1. The molecule has 7 rings (SSSR count). The number of ether oxygens (including phenoxy) is 2. The van der Waals surface area contributed by atoms with Gasteiger partial charge in [-0.2, -0.15) is 0 Å². The lowest BCUT2D eigenvalue weighted by molar-refractivity contribution is -0.149. The third-order valence-corrected chi connectivity index (χ3v) is 14.7. The van der Waals surface area contributed by atoms with Crippen LogP contribution in [-0.4, -0.2) is 77.2 Å².